The lowest BCUT2D eigenvalue weighted by atomic mass is 10.5. The number of thiazole rings is 1. The first kappa shape index (κ1) is 8.89. The standard InChI is InChI=1S/C8H7N3O2S/c1-5-2-11(4-9-5)8-10-6(3-14-8)7(12)13/h2-4H,1H3,(H,12,13). The SMILES string of the molecule is Cc1cn(-c2nc(C(=O)O)cs2)cn1. The van der Waals surface area contributed by atoms with Crippen LogP contribution in [0.4, 0.5) is 0 Å². The Hall–Kier alpha value is -1.69. The number of aryl methyl sites for hydroxylation is 1. The number of imidazole rings is 1. The summed E-state index contributed by atoms with van der Waals surface area (Å²) in [6.07, 6.45) is 3.41. The number of carbonyl (C=O) groups is 1. The number of carboxylic acids is 1. The molecule has 0 radical (unpaired) electrons. The maximum atomic E-state index is 10.6. The summed E-state index contributed by atoms with van der Waals surface area (Å²) < 4.78 is 1.70. The summed E-state index contributed by atoms with van der Waals surface area (Å²) in [6, 6.07) is 0. The molecule has 0 atom stereocenters. The average Bonchev–Trinajstić information content (AvgIpc) is 2.70. The van der Waals surface area contributed by atoms with Crippen molar-refractivity contribution in [2.45, 2.75) is 6.92 Å². The third-order valence-electron chi connectivity index (χ3n) is 1.64. The van der Waals surface area contributed by atoms with E-state index in [1.54, 1.807) is 17.1 Å². The van der Waals surface area contributed by atoms with Crippen molar-refractivity contribution >= 4 is 17.3 Å². The summed E-state index contributed by atoms with van der Waals surface area (Å²) >= 11 is 1.28. The molecule has 2 heterocycles. The van der Waals surface area contributed by atoms with Gasteiger partial charge in [0.25, 0.3) is 0 Å². The van der Waals surface area contributed by atoms with Gasteiger partial charge in [-0.1, -0.05) is 0 Å². The molecule has 0 aliphatic heterocycles. The minimum atomic E-state index is -1.01. The number of rotatable bonds is 2. The van der Waals surface area contributed by atoms with Gasteiger partial charge in [0, 0.05) is 11.6 Å². The largest absolute Gasteiger partial charge is 0.476 e. The van der Waals surface area contributed by atoms with E-state index in [1.807, 2.05) is 6.92 Å². The zero-order valence-electron chi connectivity index (χ0n) is 7.34. The summed E-state index contributed by atoms with van der Waals surface area (Å²) in [5.74, 6) is -1.01. The van der Waals surface area contributed by atoms with E-state index in [4.69, 9.17) is 5.11 Å². The predicted molar refractivity (Wildman–Crippen MR) is 50.9 cm³/mol. The second-order valence-corrected chi connectivity index (χ2v) is 3.58. The quantitative estimate of drug-likeness (QED) is 0.810. The van der Waals surface area contributed by atoms with E-state index >= 15 is 0 Å². The van der Waals surface area contributed by atoms with Crippen molar-refractivity contribution in [3.8, 4) is 5.13 Å². The Kier molecular flexibility index (Phi) is 2.05. The molecule has 0 bridgehead atoms. The molecule has 2 rings (SSSR count). The lowest BCUT2D eigenvalue weighted by Crippen LogP contribution is -1.97. The molecule has 2 aromatic heterocycles. The smallest absolute Gasteiger partial charge is 0.355 e. The molecule has 0 saturated heterocycles. The lowest BCUT2D eigenvalue weighted by Gasteiger charge is -1.91. The Morgan fingerprint density at radius 1 is 1.64 bits per heavy atom. The number of hydrogen-bond donors (Lipinski definition) is 1. The molecule has 72 valence electrons. The highest BCUT2D eigenvalue weighted by atomic mass is 32.1. The van der Waals surface area contributed by atoms with E-state index in [2.05, 4.69) is 9.97 Å². The molecule has 1 N–H and O–H groups in total. The average molecular weight is 209 g/mol. The van der Waals surface area contributed by atoms with Crippen LogP contribution < -0.4 is 0 Å². The maximum absolute atomic E-state index is 10.6. The van der Waals surface area contributed by atoms with Crippen LogP contribution >= 0.6 is 11.3 Å². The molecule has 0 aliphatic carbocycles. The number of aromatic nitrogens is 3. The first-order valence-electron chi connectivity index (χ1n) is 3.86. The number of carboxylic acid groups (broad SMARTS) is 1. The summed E-state index contributed by atoms with van der Waals surface area (Å²) in [7, 11) is 0. The molecule has 0 aliphatic rings. The first-order valence-corrected chi connectivity index (χ1v) is 4.74. The van der Waals surface area contributed by atoms with Gasteiger partial charge in [0.15, 0.2) is 10.8 Å². The van der Waals surface area contributed by atoms with Crippen molar-refractivity contribution in [1.82, 2.24) is 14.5 Å². The van der Waals surface area contributed by atoms with Gasteiger partial charge in [-0.3, -0.25) is 4.57 Å². The number of hydrogen-bond acceptors (Lipinski definition) is 4. The Labute approximate surface area is 83.7 Å². The molecule has 0 aromatic carbocycles. The van der Waals surface area contributed by atoms with E-state index in [0.717, 1.165) is 5.69 Å². The molecular weight excluding hydrogens is 202 g/mol. The lowest BCUT2D eigenvalue weighted by molar-refractivity contribution is 0.0691. The van der Waals surface area contributed by atoms with E-state index in [1.165, 1.54) is 16.7 Å². The van der Waals surface area contributed by atoms with Crippen molar-refractivity contribution in [3.05, 3.63) is 29.3 Å². The monoisotopic (exact) mass is 209 g/mol. The van der Waals surface area contributed by atoms with E-state index in [0.29, 0.717) is 5.13 Å². The van der Waals surface area contributed by atoms with E-state index in [9.17, 15) is 4.79 Å². The fourth-order valence-corrected chi connectivity index (χ4v) is 1.75. The molecule has 0 amide bonds. The predicted octanol–water partition coefficient (Wildman–Crippen LogP) is 1.34. The third kappa shape index (κ3) is 1.51. The normalized spacial score (nSPS) is 10.4. The molecule has 0 saturated carbocycles. The molecule has 5 nitrogen and oxygen atoms in total. The minimum Gasteiger partial charge on any atom is -0.476 e. The van der Waals surface area contributed by atoms with E-state index in [-0.39, 0.29) is 5.69 Å². The van der Waals surface area contributed by atoms with E-state index < -0.39 is 5.97 Å². The van der Waals surface area contributed by atoms with Gasteiger partial charge < -0.3 is 5.11 Å². The molecule has 0 spiro atoms. The van der Waals surface area contributed by atoms with Crippen LogP contribution in [0.2, 0.25) is 0 Å². The summed E-state index contributed by atoms with van der Waals surface area (Å²) in [4.78, 5) is 18.5. The second-order valence-electron chi connectivity index (χ2n) is 2.74. The van der Waals surface area contributed by atoms with Crippen molar-refractivity contribution in [1.29, 1.82) is 0 Å². The minimum absolute atomic E-state index is 0.0661. The Bertz CT molecular complexity index is 474. The van der Waals surface area contributed by atoms with Crippen molar-refractivity contribution in [2.75, 3.05) is 0 Å². The van der Waals surface area contributed by atoms with Crippen molar-refractivity contribution in [3.63, 3.8) is 0 Å². The van der Waals surface area contributed by atoms with Crippen LogP contribution in [0.25, 0.3) is 5.13 Å². The fraction of sp³-hybridized carbons (Fsp3) is 0.125. The Morgan fingerprint density at radius 2 is 2.43 bits per heavy atom. The van der Waals surface area contributed by atoms with Gasteiger partial charge in [0.2, 0.25) is 0 Å². The topological polar surface area (TPSA) is 68.0 Å². The molecule has 6 heteroatoms. The van der Waals surface area contributed by atoms with Crippen LogP contribution in [-0.4, -0.2) is 25.6 Å². The van der Waals surface area contributed by atoms with Gasteiger partial charge >= 0.3 is 5.97 Å². The van der Waals surface area contributed by atoms with Gasteiger partial charge in [0.05, 0.1) is 5.69 Å². The molecular formula is C8H7N3O2S. The van der Waals surface area contributed by atoms with Crippen LogP contribution in [0.5, 0.6) is 0 Å². The highest BCUT2D eigenvalue weighted by molar-refractivity contribution is 7.12. The highest BCUT2D eigenvalue weighted by Gasteiger charge is 2.09. The van der Waals surface area contributed by atoms with Crippen molar-refractivity contribution < 1.29 is 9.90 Å². The summed E-state index contributed by atoms with van der Waals surface area (Å²) in [5.41, 5.74) is 0.938. The molecule has 14 heavy (non-hydrogen) atoms. The number of nitrogens with zero attached hydrogens (tertiary/aromatic N) is 3. The first-order chi connectivity index (χ1) is 6.66. The third-order valence-corrected chi connectivity index (χ3v) is 2.50. The summed E-state index contributed by atoms with van der Waals surface area (Å²) in [5, 5.41) is 10.8. The van der Waals surface area contributed by atoms with Gasteiger partial charge in [-0.15, -0.1) is 11.3 Å². The highest BCUT2D eigenvalue weighted by Crippen LogP contribution is 2.14. The van der Waals surface area contributed by atoms with Gasteiger partial charge in [-0.25, -0.2) is 14.8 Å². The second kappa shape index (κ2) is 3.22. The van der Waals surface area contributed by atoms with Crippen LogP contribution in [-0.2, 0) is 0 Å². The van der Waals surface area contributed by atoms with Crippen LogP contribution in [0.1, 0.15) is 16.2 Å². The van der Waals surface area contributed by atoms with Crippen LogP contribution in [0.15, 0.2) is 17.9 Å². The molecule has 2 aromatic rings. The van der Waals surface area contributed by atoms with Crippen molar-refractivity contribution in [2.24, 2.45) is 0 Å². The van der Waals surface area contributed by atoms with Crippen LogP contribution in [0, 0.1) is 6.92 Å². The zero-order valence-corrected chi connectivity index (χ0v) is 8.15. The number of aromatic carboxylic acids is 1. The molecule has 0 unspecified atom stereocenters. The van der Waals surface area contributed by atoms with Crippen LogP contribution in [0.3, 0.4) is 0 Å². The maximum Gasteiger partial charge on any atom is 0.355 e. The Balaban J connectivity index is 2.38. The summed E-state index contributed by atoms with van der Waals surface area (Å²) in [6.45, 7) is 1.86. The fourth-order valence-electron chi connectivity index (χ4n) is 1.01. The van der Waals surface area contributed by atoms with Gasteiger partial charge in [-0.05, 0) is 6.92 Å². The zero-order chi connectivity index (χ0) is 10.1. The Morgan fingerprint density at radius 3 is 2.93 bits per heavy atom. The van der Waals surface area contributed by atoms with Gasteiger partial charge in [0.1, 0.15) is 6.33 Å². The van der Waals surface area contributed by atoms with Gasteiger partial charge in [-0.2, -0.15) is 0 Å². The molecule has 0 fully saturated rings.